The van der Waals surface area contributed by atoms with E-state index in [0.29, 0.717) is 6.61 Å². The van der Waals surface area contributed by atoms with E-state index in [1.807, 2.05) is 0 Å². The van der Waals surface area contributed by atoms with E-state index in [9.17, 15) is 0 Å². The minimum absolute atomic E-state index is 0.303. The van der Waals surface area contributed by atoms with Crippen molar-refractivity contribution in [1.29, 1.82) is 0 Å². The Kier molecular flexibility index (Phi) is 4.57. The second kappa shape index (κ2) is 6.18. The molecule has 0 spiro atoms. The van der Waals surface area contributed by atoms with E-state index in [2.05, 4.69) is 36.1 Å². The highest BCUT2D eigenvalue weighted by atomic mass is 16.3. The van der Waals surface area contributed by atoms with Gasteiger partial charge in [-0.2, -0.15) is 0 Å². The summed E-state index contributed by atoms with van der Waals surface area (Å²) in [7, 11) is 0. The molecule has 2 rings (SSSR count). The smallest absolute Gasteiger partial charge is 0.0443 e. The number of nitrogens with zero attached hydrogens (tertiary/aromatic N) is 1. The molecule has 1 saturated carbocycles. The molecule has 0 atom stereocenters. The van der Waals surface area contributed by atoms with E-state index < -0.39 is 0 Å². The van der Waals surface area contributed by atoms with Crippen molar-refractivity contribution >= 4 is 0 Å². The SMILES string of the molecule is Cc1ccccc1CN(CCCO)C1CCC1. The molecule has 1 aliphatic carbocycles. The van der Waals surface area contributed by atoms with Gasteiger partial charge in [-0.25, -0.2) is 0 Å². The number of rotatable bonds is 6. The van der Waals surface area contributed by atoms with E-state index in [0.717, 1.165) is 25.6 Å². The lowest BCUT2D eigenvalue weighted by Crippen LogP contribution is -2.40. The Labute approximate surface area is 104 Å². The molecule has 0 unspecified atom stereocenters. The Morgan fingerprint density at radius 3 is 2.65 bits per heavy atom. The van der Waals surface area contributed by atoms with Gasteiger partial charge in [0.15, 0.2) is 0 Å². The van der Waals surface area contributed by atoms with Crippen LogP contribution in [-0.4, -0.2) is 29.2 Å². The Balaban J connectivity index is 1.98. The third kappa shape index (κ3) is 3.30. The average Bonchev–Trinajstić information content (AvgIpc) is 2.26. The molecular formula is C15H23NO. The number of aryl methyl sites for hydroxylation is 1. The normalized spacial score (nSPS) is 16.2. The Morgan fingerprint density at radius 2 is 2.06 bits per heavy atom. The molecule has 1 aliphatic rings. The fraction of sp³-hybridized carbons (Fsp3) is 0.600. The number of hydrogen-bond acceptors (Lipinski definition) is 2. The van der Waals surface area contributed by atoms with Gasteiger partial charge in [-0.05, 0) is 37.3 Å². The van der Waals surface area contributed by atoms with Crippen LogP contribution in [0.5, 0.6) is 0 Å². The van der Waals surface area contributed by atoms with Gasteiger partial charge in [0.25, 0.3) is 0 Å². The van der Waals surface area contributed by atoms with Crippen molar-refractivity contribution in [3.05, 3.63) is 35.4 Å². The third-order valence-corrected chi connectivity index (χ3v) is 3.83. The zero-order valence-electron chi connectivity index (χ0n) is 10.7. The molecule has 17 heavy (non-hydrogen) atoms. The van der Waals surface area contributed by atoms with Crippen molar-refractivity contribution in [2.45, 2.75) is 45.2 Å². The number of hydrogen-bond donors (Lipinski definition) is 1. The first-order chi connectivity index (χ1) is 8.31. The van der Waals surface area contributed by atoms with Crippen LogP contribution in [0.15, 0.2) is 24.3 Å². The van der Waals surface area contributed by atoms with Crippen LogP contribution in [0.2, 0.25) is 0 Å². The van der Waals surface area contributed by atoms with Gasteiger partial charge < -0.3 is 5.11 Å². The maximum atomic E-state index is 8.98. The lowest BCUT2D eigenvalue weighted by molar-refractivity contribution is 0.109. The first-order valence-electron chi connectivity index (χ1n) is 6.70. The lowest BCUT2D eigenvalue weighted by Gasteiger charge is -2.38. The fourth-order valence-electron chi connectivity index (χ4n) is 2.42. The highest BCUT2D eigenvalue weighted by Crippen LogP contribution is 2.26. The van der Waals surface area contributed by atoms with Gasteiger partial charge in [0.1, 0.15) is 0 Å². The van der Waals surface area contributed by atoms with Crippen molar-refractivity contribution in [2.24, 2.45) is 0 Å². The van der Waals surface area contributed by atoms with Crippen LogP contribution >= 0.6 is 0 Å². The first kappa shape index (κ1) is 12.6. The summed E-state index contributed by atoms with van der Waals surface area (Å²) in [5.74, 6) is 0. The summed E-state index contributed by atoms with van der Waals surface area (Å²) in [4.78, 5) is 2.54. The van der Waals surface area contributed by atoms with Gasteiger partial charge in [-0.15, -0.1) is 0 Å². The van der Waals surface area contributed by atoms with E-state index in [-0.39, 0.29) is 0 Å². The van der Waals surface area contributed by atoms with Crippen molar-refractivity contribution < 1.29 is 5.11 Å². The Morgan fingerprint density at radius 1 is 1.29 bits per heavy atom. The fourth-order valence-corrected chi connectivity index (χ4v) is 2.42. The molecule has 2 nitrogen and oxygen atoms in total. The van der Waals surface area contributed by atoms with E-state index in [4.69, 9.17) is 5.11 Å². The van der Waals surface area contributed by atoms with Crippen molar-refractivity contribution in [3.8, 4) is 0 Å². The van der Waals surface area contributed by atoms with Crippen LogP contribution in [0, 0.1) is 6.92 Å². The summed E-state index contributed by atoms with van der Waals surface area (Å²) in [6.07, 6.45) is 4.92. The highest BCUT2D eigenvalue weighted by Gasteiger charge is 2.24. The minimum atomic E-state index is 0.303. The summed E-state index contributed by atoms with van der Waals surface area (Å²) < 4.78 is 0. The van der Waals surface area contributed by atoms with E-state index >= 15 is 0 Å². The average molecular weight is 233 g/mol. The first-order valence-corrected chi connectivity index (χ1v) is 6.70. The molecule has 2 heteroatoms. The minimum Gasteiger partial charge on any atom is -0.396 e. The molecule has 0 aliphatic heterocycles. The van der Waals surface area contributed by atoms with Crippen LogP contribution in [0.3, 0.4) is 0 Å². The summed E-state index contributed by atoms with van der Waals surface area (Å²) in [6, 6.07) is 9.37. The molecule has 1 aromatic carbocycles. The van der Waals surface area contributed by atoms with Crippen molar-refractivity contribution in [1.82, 2.24) is 4.90 Å². The zero-order chi connectivity index (χ0) is 12.1. The maximum absolute atomic E-state index is 8.98. The highest BCUT2D eigenvalue weighted by molar-refractivity contribution is 5.25. The van der Waals surface area contributed by atoms with Crippen LogP contribution in [0.4, 0.5) is 0 Å². The van der Waals surface area contributed by atoms with Crippen molar-refractivity contribution in [2.75, 3.05) is 13.2 Å². The molecule has 1 aromatic rings. The second-order valence-corrected chi connectivity index (χ2v) is 5.06. The van der Waals surface area contributed by atoms with Crippen LogP contribution in [-0.2, 0) is 6.54 Å². The molecule has 0 heterocycles. The second-order valence-electron chi connectivity index (χ2n) is 5.06. The van der Waals surface area contributed by atoms with Gasteiger partial charge in [-0.3, -0.25) is 4.90 Å². The largest absolute Gasteiger partial charge is 0.396 e. The molecular weight excluding hydrogens is 210 g/mol. The standard InChI is InChI=1S/C15H23NO/c1-13-6-2-3-7-14(13)12-16(10-5-11-17)15-8-4-9-15/h2-3,6-7,15,17H,4-5,8-12H2,1H3. The molecule has 0 bridgehead atoms. The van der Waals surface area contributed by atoms with E-state index in [1.54, 1.807) is 0 Å². The van der Waals surface area contributed by atoms with Gasteiger partial charge in [0, 0.05) is 25.7 Å². The quantitative estimate of drug-likeness (QED) is 0.816. The van der Waals surface area contributed by atoms with Crippen LogP contribution in [0.25, 0.3) is 0 Å². The van der Waals surface area contributed by atoms with Gasteiger partial charge >= 0.3 is 0 Å². The van der Waals surface area contributed by atoms with Gasteiger partial charge in [0.05, 0.1) is 0 Å². The number of benzene rings is 1. The van der Waals surface area contributed by atoms with Gasteiger partial charge in [-0.1, -0.05) is 30.7 Å². The molecule has 0 amide bonds. The van der Waals surface area contributed by atoms with E-state index in [1.165, 1.54) is 30.4 Å². The summed E-state index contributed by atoms with van der Waals surface area (Å²) in [5, 5.41) is 8.98. The molecule has 0 aromatic heterocycles. The summed E-state index contributed by atoms with van der Waals surface area (Å²) in [5.41, 5.74) is 2.80. The Hall–Kier alpha value is -0.860. The summed E-state index contributed by atoms with van der Waals surface area (Å²) in [6.45, 7) is 4.55. The van der Waals surface area contributed by atoms with Crippen LogP contribution < -0.4 is 0 Å². The topological polar surface area (TPSA) is 23.5 Å². The third-order valence-electron chi connectivity index (χ3n) is 3.83. The molecule has 0 saturated heterocycles. The maximum Gasteiger partial charge on any atom is 0.0443 e. The van der Waals surface area contributed by atoms with Gasteiger partial charge in [0.2, 0.25) is 0 Å². The lowest BCUT2D eigenvalue weighted by atomic mass is 9.90. The zero-order valence-corrected chi connectivity index (χ0v) is 10.7. The number of aliphatic hydroxyl groups excluding tert-OH is 1. The molecule has 94 valence electrons. The van der Waals surface area contributed by atoms with Crippen LogP contribution in [0.1, 0.15) is 36.8 Å². The molecule has 1 fully saturated rings. The van der Waals surface area contributed by atoms with Crippen molar-refractivity contribution in [3.63, 3.8) is 0 Å². The Bertz CT molecular complexity index is 347. The predicted molar refractivity (Wildman–Crippen MR) is 70.9 cm³/mol. The molecule has 0 radical (unpaired) electrons. The predicted octanol–water partition coefficient (Wildman–Crippen LogP) is 2.73. The number of aliphatic hydroxyl groups is 1. The monoisotopic (exact) mass is 233 g/mol. The molecule has 1 N–H and O–H groups in total. The summed E-state index contributed by atoms with van der Waals surface area (Å²) >= 11 is 0.